The first-order chi connectivity index (χ1) is 14.0. The number of aromatic amines is 1. The minimum absolute atomic E-state index is 0.0551. The van der Waals surface area contributed by atoms with Crippen LogP contribution < -0.4 is 5.32 Å². The molecule has 0 saturated heterocycles. The molecule has 0 spiro atoms. The Morgan fingerprint density at radius 2 is 1.69 bits per heavy atom. The number of esters is 1. The van der Waals surface area contributed by atoms with Crippen LogP contribution in [0.3, 0.4) is 0 Å². The Morgan fingerprint density at radius 3 is 2.38 bits per heavy atom. The van der Waals surface area contributed by atoms with Crippen LogP contribution in [0.5, 0.6) is 0 Å². The fourth-order valence-electron chi connectivity index (χ4n) is 3.04. The van der Waals surface area contributed by atoms with E-state index in [9.17, 15) is 14.4 Å². The Kier molecular flexibility index (Phi) is 6.29. The highest BCUT2D eigenvalue weighted by molar-refractivity contribution is 6.05. The second-order valence-electron chi connectivity index (χ2n) is 6.43. The number of ether oxygens (including phenoxy) is 1. The van der Waals surface area contributed by atoms with E-state index in [0.29, 0.717) is 29.9 Å². The second kappa shape index (κ2) is 9.05. The van der Waals surface area contributed by atoms with Crippen molar-refractivity contribution in [1.82, 2.24) is 9.88 Å². The Hall–Kier alpha value is -3.61. The minimum atomic E-state index is -0.572. The number of nitrogens with one attached hydrogen (secondary N) is 2. The number of H-pyrrole nitrogens is 1. The minimum Gasteiger partial charge on any atom is -0.452 e. The molecule has 7 heteroatoms. The van der Waals surface area contributed by atoms with Crippen molar-refractivity contribution < 1.29 is 19.1 Å². The molecule has 0 unspecified atom stereocenters. The summed E-state index contributed by atoms with van der Waals surface area (Å²) in [5.41, 5.74) is 2.28. The predicted octanol–water partition coefficient (Wildman–Crippen LogP) is 3.45. The van der Waals surface area contributed by atoms with Gasteiger partial charge < -0.3 is 19.9 Å². The van der Waals surface area contributed by atoms with Crippen LogP contribution in [-0.2, 0) is 9.53 Å². The zero-order valence-electron chi connectivity index (χ0n) is 16.4. The number of fused-ring (bicyclic) bond motifs is 1. The molecule has 1 aromatic heterocycles. The number of rotatable bonds is 7. The number of anilines is 1. The van der Waals surface area contributed by atoms with Crippen molar-refractivity contribution in [2.24, 2.45) is 0 Å². The lowest BCUT2D eigenvalue weighted by molar-refractivity contribution is -0.119. The van der Waals surface area contributed by atoms with Crippen LogP contribution in [0.25, 0.3) is 10.9 Å². The van der Waals surface area contributed by atoms with Gasteiger partial charge in [-0.3, -0.25) is 9.59 Å². The van der Waals surface area contributed by atoms with Crippen molar-refractivity contribution >= 4 is 34.4 Å². The molecule has 0 atom stereocenters. The van der Waals surface area contributed by atoms with Crippen LogP contribution in [0.2, 0.25) is 0 Å². The number of hydrogen-bond donors (Lipinski definition) is 2. The third kappa shape index (κ3) is 4.63. The molecule has 3 aromatic rings. The van der Waals surface area contributed by atoms with Crippen LogP contribution in [0, 0.1) is 0 Å². The Labute approximate surface area is 168 Å². The summed E-state index contributed by atoms with van der Waals surface area (Å²) >= 11 is 0. The summed E-state index contributed by atoms with van der Waals surface area (Å²) in [6, 6.07) is 14.0. The van der Waals surface area contributed by atoms with Crippen molar-refractivity contribution in [2.75, 3.05) is 25.0 Å². The molecule has 1 heterocycles. The van der Waals surface area contributed by atoms with Crippen molar-refractivity contribution in [2.45, 2.75) is 13.8 Å². The summed E-state index contributed by atoms with van der Waals surface area (Å²) < 4.78 is 5.12. The average Bonchev–Trinajstić information content (AvgIpc) is 3.17. The van der Waals surface area contributed by atoms with Gasteiger partial charge in [0.2, 0.25) is 0 Å². The average molecular weight is 393 g/mol. The molecular formula is C22H23N3O4. The molecule has 2 aromatic carbocycles. The Bertz CT molecular complexity index is 1020. The number of aromatic nitrogens is 1. The van der Waals surface area contributed by atoms with E-state index in [0.717, 1.165) is 10.9 Å². The van der Waals surface area contributed by atoms with Crippen molar-refractivity contribution in [1.29, 1.82) is 0 Å². The smallest absolute Gasteiger partial charge is 0.340 e. The summed E-state index contributed by atoms with van der Waals surface area (Å²) in [5, 5.41) is 3.40. The van der Waals surface area contributed by atoms with E-state index in [-0.39, 0.29) is 5.91 Å². The van der Waals surface area contributed by atoms with E-state index < -0.39 is 18.5 Å². The molecule has 0 aliphatic heterocycles. The quantitative estimate of drug-likeness (QED) is 0.602. The molecular weight excluding hydrogens is 370 g/mol. The van der Waals surface area contributed by atoms with E-state index in [1.165, 1.54) is 0 Å². The standard InChI is InChI=1S/C22H23N3O4/c1-3-25(4-2)21(27)15-9-11-16(12-10-15)24-20(26)14-29-22(28)18-13-23-19-8-6-5-7-17(18)19/h5-13,23H,3-4,14H2,1-2H3,(H,24,26). The summed E-state index contributed by atoms with van der Waals surface area (Å²) in [6.45, 7) is 4.71. The van der Waals surface area contributed by atoms with Crippen LogP contribution in [0.1, 0.15) is 34.6 Å². The molecule has 0 aliphatic rings. The zero-order valence-corrected chi connectivity index (χ0v) is 16.4. The molecule has 29 heavy (non-hydrogen) atoms. The van der Waals surface area contributed by atoms with Gasteiger partial charge in [-0.25, -0.2) is 4.79 Å². The van der Waals surface area contributed by atoms with Gasteiger partial charge in [-0.15, -0.1) is 0 Å². The van der Waals surface area contributed by atoms with E-state index in [1.54, 1.807) is 35.4 Å². The zero-order chi connectivity index (χ0) is 20.8. The molecule has 0 radical (unpaired) electrons. The van der Waals surface area contributed by atoms with Gasteiger partial charge in [-0.05, 0) is 44.2 Å². The molecule has 2 N–H and O–H groups in total. The molecule has 0 bridgehead atoms. The first-order valence-corrected chi connectivity index (χ1v) is 9.46. The number of amides is 2. The lowest BCUT2D eigenvalue weighted by Crippen LogP contribution is -2.30. The molecule has 0 aliphatic carbocycles. The van der Waals surface area contributed by atoms with E-state index >= 15 is 0 Å². The topological polar surface area (TPSA) is 91.5 Å². The number of benzene rings is 2. The lowest BCUT2D eigenvalue weighted by Gasteiger charge is -2.18. The third-order valence-corrected chi connectivity index (χ3v) is 4.61. The Morgan fingerprint density at radius 1 is 1.00 bits per heavy atom. The first kappa shape index (κ1) is 20.1. The van der Waals surface area contributed by atoms with Gasteiger partial charge in [0, 0.05) is 41.4 Å². The maximum Gasteiger partial charge on any atom is 0.340 e. The largest absolute Gasteiger partial charge is 0.452 e. The molecule has 150 valence electrons. The van der Waals surface area contributed by atoms with E-state index in [1.807, 2.05) is 38.1 Å². The predicted molar refractivity (Wildman–Crippen MR) is 111 cm³/mol. The molecule has 7 nitrogen and oxygen atoms in total. The van der Waals surface area contributed by atoms with Crippen molar-refractivity contribution in [3.8, 4) is 0 Å². The number of carbonyl (C=O) groups is 3. The van der Waals surface area contributed by atoms with Gasteiger partial charge in [0.1, 0.15) is 0 Å². The van der Waals surface area contributed by atoms with E-state index in [2.05, 4.69) is 10.3 Å². The van der Waals surface area contributed by atoms with Gasteiger partial charge in [-0.2, -0.15) is 0 Å². The van der Waals surface area contributed by atoms with Crippen LogP contribution in [-0.4, -0.2) is 47.4 Å². The van der Waals surface area contributed by atoms with Gasteiger partial charge in [0.05, 0.1) is 5.56 Å². The van der Waals surface area contributed by atoms with Crippen LogP contribution >= 0.6 is 0 Å². The summed E-state index contributed by atoms with van der Waals surface area (Å²) in [6.07, 6.45) is 1.57. The van der Waals surface area contributed by atoms with Gasteiger partial charge in [-0.1, -0.05) is 18.2 Å². The summed E-state index contributed by atoms with van der Waals surface area (Å²) in [5.74, 6) is -1.08. The molecule has 3 rings (SSSR count). The second-order valence-corrected chi connectivity index (χ2v) is 6.43. The number of para-hydroxylation sites is 1. The highest BCUT2D eigenvalue weighted by Crippen LogP contribution is 2.18. The highest BCUT2D eigenvalue weighted by Gasteiger charge is 2.15. The maximum atomic E-state index is 12.3. The van der Waals surface area contributed by atoms with Crippen LogP contribution in [0.4, 0.5) is 5.69 Å². The van der Waals surface area contributed by atoms with Crippen LogP contribution in [0.15, 0.2) is 54.7 Å². The SMILES string of the molecule is CCN(CC)C(=O)c1ccc(NC(=O)COC(=O)c2c[nH]c3ccccc23)cc1. The van der Waals surface area contributed by atoms with Gasteiger partial charge in [0.15, 0.2) is 6.61 Å². The Balaban J connectivity index is 1.55. The van der Waals surface area contributed by atoms with Gasteiger partial charge in [0.25, 0.3) is 11.8 Å². The normalized spacial score (nSPS) is 10.6. The summed E-state index contributed by atoms with van der Waals surface area (Å²) in [4.78, 5) is 41.4. The summed E-state index contributed by atoms with van der Waals surface area (Å²) in [7, 11) is 0. The monoisotopic (exact) mass is 393 g/mol. The fraction of sp³-hybridized carbons (Fsp3) is 0.227. The lowest BCUT2D eigenvalue weighted by atomic mass is 10.1. The van der Waals surface area contributed by atoms with Gasteiger partial charge >= 0.3 is 5.97 Å². The van der Waals surface area contributed by atoms with Crippen molar-refractivity contribution in [3.05, 3.63) is 65.9 Å². The maximum absolute atomic E-state index is 12.3. The number of carbonyl (C=O) groups excluding carboxylic acids is 3. The number of hydrogen-bond acceptors (Lipinski definition) is 4. The van der Waals surface area contributed by atoms with Crippen molar-refractivity contribution in [3.63, 3.8) is 0 Å². The fourth-order valence-corrected chi connectivity index (χ4v) is 3.04. The molecule has 2 amide bonds. The molecule has 0 fully saturated rings. The highest BCUT2D eigenvalue weighted by atomic mass is 16.5. The molecule has 0 saturated carbocycles. The number of nitrogens with zero attached hydrogens (tertiary/aromatic N) is 1. The first-order valence-electron chi connectivity index (χ1n) is 9.46. The van der Waals surface area contributed by atoms with E-state index in [4.69, 9.17) is 4.74 Å². The third-order valence-electron chi connectivity index (χ3n) is 4.61.